The van der Waals surface area contributed by atoms with Gasteiger partial charge >= 0.3 is 0 Å². The van der Waals surface area contributed by atoms with E-state index in [1.807, 2.05) is 48.3 Å². The number of fused-ring (bicyclic) bond motifs is 1. The van der Waals surface area contributed by atoms with E-state index >= 15 is 0 Å². The van der Waals surface area contributed by atoms with Crippen LogP contribution >= 0.6 is 11.6 Å². The number of pyridine rings is 1. The number of halogens is 1. The summed E-state index contributed by atoms with van der Waals surface area (Å²) in [5, 5.41) is 9.65. The maximum Gasteiger partial charge on any atom is 0.102 e. The fourth-order valence-corrected chi connectivity index (χ4v) is 2.36. The zero-order valence-corrected chi connectivity index (χ0v) is 11.9. The van der Waals surface area contributed by atoms with E-state index in [4.69, 9.17) is 16.7 Å². The van der Waals surface area contributed by atoms with Gasteiger partial charge in [0.15, 0.2) is 0 Å². The number of benzene rings is 1. The molecule has 3 rings (SSSR count). The molecule has 2 heterocycles. The van der Waals surface area contributed by atoms with Crippen molar-refractivity contribution in [2.75, 3.05) is 13.6 Å². The van der Waals surface area contributed by atoms with Crippen LogP contribution in [0.2, 0.25) is 5.02 Å². The first-order valence-corrected chi connectivity index (χ1v) is 6.88. The van der Waals surface area contributed by atoms with Gasteiger partial charge < -0.3 is 5.32 Å². The fourth-order valence-electron chi connectivity index (χ4n) is 2.23. The van der Waals surface area contributed by atoms with Crippen molar-refractivity contribution in [2.45, 2.75) is 6.54 Å². The van der Waals surface area contributed by atoms with Crippen molar-refractivity contribution in [2.24, 2.45) is 0 Å². The van der Waals surface area contributed by atoms with Gasteiger partial charge in [0.1, 0.15) is 5.69 Å². The third-order valence-corrected chi connectivity index (χ3v) is 3.50. The molecule has 0 amide bonds. The van der Waals surface area contributed by atoms with Crippen molar-refractivity contribution in [1.29, 1.82) is 0 Å². The number of rotatable bonds is 4. The standard InChI is InChI=1S/C15H15ClN4/c1-17-8-9-20-14-6-7-18-10-13(14)15(19-20)11-2-4-12(16)5-3-11/h2-7,10,17H,8-9H2,1H3. The molecule has 2 aromatic heterocycles. The molecule has 0 spiro atoms. The van der Waals surface area contributed by atoms with Gasteiger partial charge in [0.05, 0.1) is 12.1 Å². The van der Waals surface area contributed by atoms with Gasteiger partial charge in [-0.25, -0.2) is 0 Å². The number of aromatic nitrogens is 3. The van der Waals surface area contributed by atoms with Crippen LogP contribution in [-0.4, -0.2) is 28.4 Å². The highest BCUT2D eigenvalue weighted by molar-refractivity contribution is 6.30. The number of hydrogen-bond donors (Lipinski definition) is 1. The lowest BCUT2D eigenvalue weighted by molar-refractivity contribution is 0.603. The van der Waals surface area contributed by atoms with Gasteiger partial charge in [0.2, 0.25) is 0 Å². The predicted octanol–water partition coefficient (Wildman–Crippen LogP) is 2.97. The van der Waals surface area contributed by atoms with Crippen molar-refractivity contribution in [1.82, 2.24) is 20.1 Å². The summed E-state index contributed by atoms with van der Waals surface area (Å²) in [6, 6.07) is 9.73. The highest BCUT2D eigenvalue weighted by atomic mass is 35.5. The zero-order chi connectivity index (χ0) is 13.9. The van der Waals surface area contributed by atoms with Gasteiger partial charge in [-0.3, -0.25) is 9.67 Å². The average molecular weight is 287 g/mol. The Kier molecular flexibility index (Phi) is 3.67. The van der Waals surface area contributed by atoms with E-state index in [1.165, 1.54) is 0 Å². The highest BCUT2D eigenvalue weighted by Gasteiger charge is 2.11. The van der Waals surface area contributed by atoms with E-state index < -0.39 is 0 Å². The minimum Gasteiger partial charge on any atom is -0.318 e. The van der Waals surface area contributed by atoms with Crippen LogP contribution in [0.3, 0.4) is 0 Å². The summed E-state index contributed by atoms with van der Waals surface area (Å²) in [5.74, 6) is 0. The van der Waals surface area contributed by atoms with Crippen molar-refractivity contribution in [3.05, 3.63) is 47.7 Å². The highest BCUT2D eigenvalue weighted by Crippen LogP contribution is 2.28. The Morgan fingerprint density at radius 3 is 2.75 bits per heavy atom. The molecule has 5 heteroatoms. The molecule has 0 aliphatic carbocycles. The molecule has 0 aliphatic rings. The van der Waals surface area contributed by atoms with E-state index in [2.05, 4.69) is 10.3 Å². The minimum absolute atomic E-state index is 0.728. The maximum atomic E-state index is 5.94. The van der Waals surface area contributed by atoms with Crippen molar-refractivity contribution < 1.29 is 0 Å². The Morgan fingerprint density at radius 2 is 2.00 bits per heavy atom. The lowest BCUT2D eigenvalue weighted by Gasteiger charge is -2.01. The summed E-state index contributed by atoms with van der Waals surface area (Å²) in [6.07, 6.45) is 3.66. The Labute approximate surface area is 122 Å². The van der Waals surface area contributed by atoms with E-state index in [0.717, 1.165) is 40.3 Å². The molecule has 0 atom stereocenters. The van der Waals surface area contributed by atoms with E-state index in [0.29, 0.717) is 0 Å². The molecule has 0 saturated carbocycles. The zero-order valence-electron chi connectivity index (χ0n) is 11.2. The monoisotopic (exact) mass is 286 g/mol. The Bertz CT molecular complexity index is 718. The first-order chi connectivity index (χ1) is 9.79. The molecule has 0 radical (unpaired) electrons. The normalized spacial score (nSPS) is 11.1. The molecule has 0 aliphatic heterocycles. The van der Waals surface area contributed by atoms with E-state index in [-0.39, 0.29) is 0 Å². The molecule has 0 bridgehead atoms. The van der Waals surface area contributed by atoms with Crippen molar-refractivity contribution in [3.63, 3.8) is 0 Å². The molecule has 1 aromatic carbocycles. The molecule has 4 nitrogen and oxygen atoms in total. The van der Waals surface area contributed by atoms with Crippen LogP contribution in [0.1, 0.15) is 0 Å². The second kappa shape index (κ2) is 5.61. The lowest BCUT2D eigenvalue weighted by atomic mass is 10.1. The Hall–Kier alpha value is -1.91. The number of nitrogens with one attached hydrogen (secondary N) is 1. The summed E-state index contributed by atoms with van der Waals surface area (Å²) >= 11 is 5.94. The Balaban J connectivity index is 2.13. The third kappa shape index (κ3) is 2.40. The lowest BCUT2D eigenvalue weighted by Crippen LogP contribution is -2.15. The van der Waals surface area contributed by atoms with Gasteiger partial charge in [-0.1, -0.05) is 23.7 Å². The fraction of sp³-hybridized carbons (Fsp3) is 0.200. The summed E-state index contributed by atoms with van der Waals surface area (Å²) < 4.78 is 2.01. The summed E-state index contributed by atoms with van der Waals surface area (Å²) in [5.41, 5.74) is 3.09. The average Bonchev–Trinajstić information content (AvgIpc) is 2.85. The minimum atomic E-state index is 0.728. The largest absolute Gasteiger partial charge is 0.318 e. The topological polar surface area (TPSA) is 42.7 Å². The molecule has 3 aromatic rings. The first kappa shape index (κ1) is 13.1. The van der Waals surface area contributed by atoms with Crippen LogP contribution in [0.25, 0.3) is 22.2 Å². The smallest absolute Gasteiger partial charge is 0.102 e. The molecule has 20 heavy (non-hydrogen) atoms. The second-order valence-corrected chi connectivity index (χ2v) is 5.01. The molecule has 0 unspecified atom stereocenters. The summed E-state index contributed by atoms with van der Waals surface area (Å²) in [4.78, 5) is 4.22. The predicted molar refractivity (Wildman–Crippen MR) is 81.9 cm³/mol. The van der Waals surface area contributed by atoms with Crippen LogP contribution in [0, 0.1) is 0 Å². The molecule has 1 N–H and O–H groups in total. The van der Waals surface area contributed by atoms with Crippen LogP contribution in [-0.2, 0) is 6.54 Å². The van der Waals surface area contributed by atoms with Gasteiger partial charge in [0, 0.05) is 34.9 Å². The molecule has 0 fully saturated rings. The third-order valence-electron chi connectivity index (χ3n) is 3.24. The number of likely N-dealkylation sites (N-methyl/N-ethyl adjacent to an activating group) is 1. The number of hydrogen-bond acceptors (Lipinski definition) is 3. The van der Waals surface area contributed by atoms with Gasteiger partial charge in [-0.15, -0.1) is 0 Å². The SMILES string of the molecule is CNCCn1nc(-c2ccc(Cl)cc2)c2cnccc21. The molecular formula is C15H15ClN4. The number of nitrogens with zero attached hydrogens (tertiary/aromatic N) is 3. The first-order valence-electron chi connectivity index (χ1n) is 6.50. The van der Waals surface area contributed by atoms with Gasteiger partial charge in [0.25, 0.3) is 0 Å². The van der Waals surface area contributed by atoms with Crippen LogP contribution in [0.15, 0.2) is 42.7 Å². The van der Waals surface area contributed by atoms with Crippen LogP contribution in [0.4, 0.5) is 0 Å². The molecule has 102 valence electrons. The van der Waals surface area contributed by atoms with Gasteiger partial charge in [-0.2, -0.15) is 5.10 Å². The van der Waals surface area contributed by atoms with Crippen molar-refractivity contribution >= 4 is 22.5 Å². The van der Waals surface area contributed by atoms with Gasteiger partial charge in [-0.05, 0) is 25.2 Å². The van der Waals surface area contributed by atoms with Crippen LogP contribution in [0.5, 0.6) is 0 Å². The summed E-state index contributed by atoms with van der Waals surface area (Å²) in [6.45, 7) is 1.70. The maximum absolute atomic E-state index is 5.94. The van der Waals surface area contributed by atoms with E-state index in [9.17, 15) is 0 Å². The molecular weight excluding hydrogens is 272 g/mol. The van der Waals surface area contributed by atoms with Crippen LogP contribution < -0.4 is 5.32 Å². The summed E-state index contributed by atoms with van der Waals surface area (Å²) in [7, 11) is 1.94. The second-order valence-electron chi connectivity index (χ2n) is 4.58. The van der Waals surface area contributed by atoms with E-state index in [1.54, 1.807) is 6.20 Å². The molecule has 0 saturated heterocycles. The quantitative estimate of drug-likeness (QED) is 0.802. The van der Waals surface area contributed by atoms with Crippen molar-refractivity contribution in [3.8, 4) is 11.3 Å². The Morgan fingerprint density at radius 1 is 1.20 bits per heavy atom.